The van der Waals surface area contributed by atoms with Crippen LogP contribution in [0.15, 0.2) is 42.5 Å². The van der Waals surface area contributed by atoms with Gasteiger partial charge < -0.3 is 19.7 Å². The highest BCUT2D eigenvalue weighted by atomic mass is 16.5. The molecule has 1 N–H and O–H groups in total. The number of hydrogen-bond donors (Lipinski definition) is 1. The second kappa shape index (κ2) is 7.88. The zero-order valence-corrected chi connectivity index (χ0v) is 14.6. The molecule has 25 heavy (non-hydrogen) atoms. The minimum atomic E-state index is -0.0504. The first-order valence-electron chi connectivity index (χ1n) is 8.40. The summed E-state index contributed by atoms with van der Waals surface area (Å²) in [7, 11) is 1.65. The molecule has 1 aliphatic rings. The molecule has 0 saturated carbocycles. The summed E-state index contributed by atoms with van der Waals surface area (Å²) in [6, 6.07) is 13.5. The molecule has 0 unspecified atom stereocenters. The van der Waals surface area contributed by atoms with Crippen molar-refractivity contribution in [3.05, 3.63) is 53.7 Å². The second-order valence-corrected chi connectivity index (χ2v) is 6.09. The molecule has 1 aromatic heterocycles. The van der Waals surface area contributed by atoms with Crippen LogP contribution in [0.3, 0.4) is 0 Å². The van der Waals surface area contributed by atoms with Gasteiger partial charge in [-0.05, 0) is 37.1 Å². The van der Waals surface area contributed by atoms with Crippen molar-refractivity contribution in [2.75, 3.05) is 26.7 Å². The van der Waals surface area contributed by atoms with Crippen molar-refractivity contribution in [2.24, 2.45) is 0 Å². The van der Waals surface area contributed by atoms with E-state index in [0.717, 1.165) is 23.4 Å². The summed E-state index contributed by atoms with van der Waals surface area (Å²) in [4.78, 5) is 18.1. The molecule has 6 nitrogen and oxygen atoms in total. The minimum Gasteiger partial charge on any atom is -0.497 e. The van der Waals surface area contributed by atoms with E-state index < -0.39 is 0 Å². The number of methoxy groups -OCH3 is 1. The Morgan fingerprint density at radius 3 is 2.68 bits per heavy atom. The Morgan fingerprint density at radius 1 is 1.24 bits per heavy atom. The molecule has 1 fully saturated rings. The molecular formula is C19H23N3O3. The number of pyridine rings is 1. The number of amides is 2. The van der Waals surface area contributed by atoms with Gasteiger partial charge in [-0.15, -0.1) is 0 Å². The van der Waals surface area contributed by atoms with Crippen molar-refractivity contribution in [3.8, 4) is 11.6 Å². The maximum absolute atomic E-state index is 12.1. The van der Waals surface area contributed by atoms with Crippen molar-refractivity contribution < 1.29 is 14.3 Å². The smallest absolute Gasteiger partial charge is 0.317 e. The Morgan fingerprint density at radius 2 is 2.00 bits per heavy atom. The fraction of sp³-hybridized carbons (Fsp3) is 0.368. The number of ether oxygens (including phenoxy) is 2. The Balaban J connectivity index is 1.36. The summed E-state index contributed by atoms with van der Waals surface area (Å²) in [5.74, 6) is 1.45. The standard InChI is InChI=1S/C19H23N3O3/c1-14-4-3-5-18(21-14)25-17-12-22(13-17)19(23)20-11-10-15-6-8-16(24-2)9-7-15/h3-9,17H,10-13H2,1-2H3,(H,20,23). The maximum atomic E-state index is 12.1. The highest BCUT2D eigenvalue weighted by Crippen LogP contribution is 2.16. The predicted molar refractivity (Wildman–Crippen MR) is 95.1 cm³/mol. The molecule has 2 amide bonds. The molecule has 1 aromatic carbocycles. The fourth-order valence-electron chi connectivity index (χ4n) is 2.65. The number of hydrogen-bond acceptors (Lipinski definition) is 4. The number of nitrogens with one attached hydrogen (secondary N) is 1. The topological polar surface area (TPSA) is 63.7 Å². The van der Waals surface area contributed by atoms with Crippen LogP contribution in [0.25, 0.3) is 0 Å². The number of carbonyl (C=O) groups is 1. The van der Waals surface area contributed by atoms with E-state index >= 15 is 0 Å². The van der Waals surface area contributed by atoms with E-state index in [1.807, 2.05) is 49.4 Å². The van der Waals surface area contributed by atoms with Gasteiger partial charge in [-0.3, -0.25) is 0 Å². The van der Waals surface area contributed by atoms with Crippen molar-refractivity contribution in [1.29, 1.82) is 0 Å². The molecule has 6 heteroatoms. The third-order valence-electron chi connectivity index (χ3n) is 4.13. The predicted octanol–water partition coefficient (Wildman–Crippen LogP) is 2.41. The number of aromatic nitrogens is 1. The average molecular weight is 341 g/mol. The zero-order valence-electron chi connectivity index (χ0n) is 14.6. The van der Waals surface area contributed by atoms with Gasteiger partial charge in [0.25, 0.3) is 0 Å². The Hall–Kier alpha value is -2.76. The summed E-state index contributed by atoms with van der Waals surface area (Å²) in [6.07, 6.45) is 0.804. The SMILES string of the molecule is COc1ccc(CCNC(=O)N2CC(Oc3cccc(C)n3)C2)cc1. The van der Waals surface area contributed by atoms with Crippen LogP contribution in [0, 0.1) is 6.92 Å². The number of nitrogens with zero attached hydrogens (tertiary/aromatic N) is 2. The van der Waals surface area contributed by atoms with E-state index in [0.29, 0.717) is 25.5 Å². The van der Waals surface area contributed by atoms with Crippen molar-refractivity contribution in [2.45, 2.75) is 19.4 Å². The molecule has 0 bridgehead atoms. The van der Waals surface area contributed by atoms with Gasteiger partial charge in [-0.25, -0.2) is 9.78 Å². The summed E-state index contributed by atoms with van der Waals surface area (Å²) < 4.78 is 10.9. The highest BCUT2D eigenvalue weighted by Gasteiger charge is 2.32. The Labute approximate surface area is 147 Å². The number of carbonyl (C=O) groups excluding carboxylic acids is 1. The zero-order chi connectivity index (χ0) is 17.6. The third-order valence-corrected chi connectivity index (χ3v) is 4.13. The molecule has 1 aliphatic heterocycles. The van der Waals surface area contributed by atoms with E-state index in [4.69, 9.17) is 9.47 Å². The van der Waals surface area contributed by atoms with Crippen molar-refractivity contribution in [1.82, 2.24) is 15.2 Å². The lowest BCUT2D eigenvalue weighted by Gasteiger charge is -2.38. The van der Waals surface area contributed by atoms with E-state index in [9.17, 15) is 4.79 Å². The van der Waals surface area contributed by atoms with Gasteiger partial charge >= 0.3 is 6.03 Å². The molecule has 1 saturated heterocycles. The van der Waals surface area contributed by atoms with Crippen molar-refractivity contribution in [3.63, 3.8) is 0 Å². The summed E-state index contributed by atoms with van der Waals surface area (Å²) in [5, 5.41) is 2.94. The third kappa shape index (κ3) is 4.62. The maximum Gasteiger partial charge on any atom is 0.317 e. The van der Waals surface area contributed by atoms with Gasteiger partial charge in [0.05, 0.1) is 20.2 Å². The monoisotopic (exact) mass is 341 g/mol. The first-order valence-corrected chi connectivity index (χ1v) is 8.40. The normalized spacial score (nSPS) is 13.9. The second-order valence-electron chi connectivity index (χ2n) is 6.09. The largest absolute Gasteiger partial charge is 0.497 e. The van der Waals surface area contributed by atoms with Gasteiger partial charge in [0.2, 0.25) is 5.88 Å². The van der Waals surface area contributed by atoms with Crippen molar-refractivity contribution >= 4 is 6.03 Å². The van der Waals surface area contributed by atoms with E-state index in [2.05, 4.69) is 10.3 Å². The lowest BCUT2D eigenvalue weighted by atomic mass is 10.1. The molecule has 0 aliphatic carbocycles. The van der Waals surface area contributed by atoms with Gasteiger partial charge in [0.1, 0.15) is 11.9 Å². The minimum absolute atomic E-state index is 0.0154. The quantitative estimate of drug-likeness (QED) is 0.876. The molecule has 0 radical (unpaired) electrons. The van der Waals surface area contributed by atoms with Crippen LogP contribution in [0.2, 0.25) is 0 Å². The average Bonchev–Trinajstić information content (AvgIpc) is 2.58. The molecular weight excluding hydrogens is 318 g/mol. The first-order chi connectivity index (χ1) is 12.1. The fourth-order valence-corrected chi connectivity index (χ4v) is 2.65. The van der Waals surface area contributed by atoms with E-state index in [1.54, 1.807) is 12.0 Å². The lowest BCUT2D eigenvalue weighted by Crippen LogP contribution is -2.59. The number of urea groups is 1. The van der Waals surface area contributed by atoms with Gasteiger partial charge in [0.15, 0.2) is 0 Å². The molecule has 0 atom stereocenters. The molecule has 2 heterocycles. The van der Waals surface area contributed by atoms with Crippen LogP contribution in [0.4, 0.5) is 4.79 Å². The van der Waals surface area contributed by atoms with Gasteiger partial charge in [0, 0.05) is 18.3 Å². The van der Waals surface area contributed by atoms with Gasteiger partial charge in [-0.1, -0.05) is 18.2 Å². The highest BCUT2D eigenvalue weighted by molar-refractivity contribution is 5.75. The number of rotatable bonds is 6. The number of aryl methyl sites for hydroxylation is 1. The van der Waals surface area contributed by atoms with E-state index in [1.165, 1.54) is 0 Å². The first kappa shape index (κ1) is 17.1. The van der Waals surface area contributed by atoms with Gasteiger partial charge in [-0.2, -0.15) is 0 Å². The summed E-state index contributed by atoms with van der Waals surface area (Å²) >= 11 is 0. The van der Waals surface area contributed by atoms with E-state index in [-0.39, 0.29) is 12.1 Å². The van der Waals surface area contributed by atoms with Crippen LogP contribution in [-0.4, -0.2) is 48.8 Å². The number of benzene rings is 1. The van der Waals surface area contributed by atoms with Crippen LogP contribution in [0.1, 0.15) is 11.3 Å². The Bertz CT molecular complexity index is 712. The van der Waals surface area contributed by atoms with Crippen LogP contribution < -0.4 is 14.8 Å². The molecule has 132 valence electrons. The molecule has 0 spiro atoms. The lowest BCUT2D eigenvalue weighted by molar-refractivity contribution is 0.0414. The Kier molecular flexibility index (Phi) is 5.38. The summed E-state index contributed by atoms with van der Waals surface area (Å²) in [6.45, 7) is 3.71. The van der Waals surface area contributed by atoms with Crippen LogP contribution in [0.5, 0.6) is 11.6 Å². The molecule has 2 aromatic rings. The van der Waals surface area contributed by atoms with Crippen LogP contribution >= 0.6 is 0 Å². The summed E-state index contributed by atoms with van der Waals surface area (Å²) in [5.41, 5.74) is 2.08. The number of likely N-dealkylation sites (tertiary alicyclic amines) is 1. The van der Waals surface area contributed by atoms with Crippen LogP contribution in [-0.2, 0) is 6.42 Å². The molecule has 3 rings (SSSR count).